The van der Waals surface area contributed by atoms with Crippen molar-refractivity contribution in [1.82, 2.24) is 0 Å². The highest BCUT2D eigenvalue weighted by atomic mass is 16.3. The van der Waals surface area contributed by atoms with E-state index in [0.29, 0.717) is 0 Å². The Morgan fingerprint density at radius 1 is 1.21 bits per heavy atom. The Morgan fingerprint density at radius 3 is 2.36 bits per heavy atom. The van der Waals surface area contributed by atoms with Gasteiger partial charge in [-0.3, -0.25) is 0 Å². The van der Waals surface area contributed by atoms with Crippen LogP contribution in [0.2, 0.25) is 0 Å². The van der Waals surface area contributed by atoms with E-state index >= 15 is 0 Å². The summed E-state index contributed by atoms with van der Waals surface area (Å²) >= 11 is 0. The number of rotatable bonds is 5. The smallest absolute Gasteiger partial charge is 0.0580 e. The van der Waals surface area contributed by atoms with E-state index < -0.39 is 0 Å². The second kappa shape index (κ2) is 5.78. The molecule has 1 rings (SSSR count). The van der Waals surface area contributed by atoms with Crippen molar-refractivity contribution in [3.05, 3.63) is 35.9 Å². The van der Waals surface area contributed by atoms with Crippen LogP contribution in [0.1, 0.15) is 31.2 Å². The van der Waals surface area contributed by atoms with Gasteiger partial charge >= 0.3 is 0 Å². The Bertz CT molecular complexity index is 244. The fourth-order valence-corrected chi connectivity index (χ4v) is 1.70. The van der Waals surface area contributed by atoms with Crippen molar-refractivity contribution < 1.29 is 10.2 Å². The summed E-state index contributed by atoms with van der Waals surface area (Å²) in [6, 6.07) is 9.96. The Morgan fingerprint density at radius 2 is 1.86 bits per heavy atom. The summed E-state index contributed by atoms with van der Waals surface area (Å²) in [4.78, 5) is 0. The van der Waals surface area contributed by atoms with Crippen LogP contribution >= 0.6 is 0 Å². The molecule has 14 heavy (non-hydrogen) atoms. The van der Waals surface area contributed by atoms with Gasteiger partial charge in [-0.05, 0) is 25.3 Å². The second-order valence-corrected chi connectivity index (χ2v) is 3.62. The minimum atomic E-state index is -0.357. The number of aliphatic hydroxyl groups excluding tert-OH is 2. The first-order chi connectivity index (χ1) is 6.75. The van der Waals surface area contributed by atoms with Gasteiger partial charge in [0.1, 0.15) is 0 Å². The number of hydrogen-bond acceptors (Lipinski definition) is 2. The minimum absolute atomic E-state index is 0.142. The Kier molecular flexibility index (Phi) is 4.63. The van der Waals surface area contributed by atoms with Crippen LogP contribution in [0.25, 0.3) is 0 Å². The SMILES string of the molecule is CC(O)C(CCCO)c1ccccc1. The van der Waals surface area contributed by atoms with E-state index in [1.807, 2.05) is 30.3 Å². The van der Waals surface area contributed by atoms with Gasteiger partial charge in [0, 0.05) is 12.5 Å². The van der Waals surface area contributed by atoms with E-state index in [-0.39, 0.29) is 18.6 Å². The fourth-order valence-electron chi connectivity index (χ4n) is 1.70. The standard InChI is InChI=1S/C12H18O2/c1-10(14)12(8-5-9-13)11-6-3-2-4-7-11/h2-4,6-7,10,12-14H,5,8-9H2,1H3. The molecule has 78 valence electrons. The molecule has 2 nitrogen and oxygen atoms in total. The van der Waals surface area contributed by atoms with Gasteiger partial charge in [-0.1, -0.05) is 30.3 Å². The molecule has 0 radical (unpaired) electrons. The zero-order valence-electron chi connectivity index (χ0n) is 8.56. The zero-order chi connectivity index (χ0) is 10.4. The molecule has 0 amide bonds. The molecule has 0 saturated carbocycles. The molecule has 0 heterocycles. The van der Waals surface area contributed by atoms with Gasteiger partial charge < -0.3 is 10.2 Å². The van der Waals surface area contributed by atoms with E-state index in [4.69, 9.17) is 5.11 Å². The van der Waals surface area contributed by atoms with Gasteiger partial charge in [0.2, 0.25) is 0 Å². The Labute approximate surface area is 85.2 Å². The number of benzene rings is 1. The first-order valence-electron chi connectivity index (χ1n) is 5.09. The summed E-state index contributed by atoms with van der Waals surface area (Å²) < 4.78 is 0. The van der Waals surface area contributed by atoms with Crippen molar-refractivity contribution in [1.29, 1.82) is 0 Å². The normalized spacial score (nSPS) is 15.1. The predicted octanol–water partition coefficient (Wildman–Crippen LogP) is 1.92. The molecule has 1 aromatic carbocycles. The van der Waals surface area contributed by atoms with E-state index in [1.54, 1.807) is 6.92 Å². The molecule has 1 aromatic rings. The molecule has 2 atom stereocenters. The molecular formula is C12H18O2. The highest BCUT2D eigenvalue weighted by molar-refractivity contribution is 5.20. The van der Waals surface area contributed by atoms with Crippen LogP contribution in [0.15, 0.2) is 30.3 Å². The highest BCUT2D eigenvalue weighted by Crippen LogP contribution is 2.24. The van der Waals surface area contributed by atoms with Crippen LogP contribution in [0.5, 0.6) is 0 Å². The van der Waals surface area contributed by atoms with Crippen LogP contribution in [0, 0.1) is 0 Å². The first-order valence-corrected chi connectivity index (χ1v) is 5.09. The van der Waals surface area contributed by atoms with Gasteiger partial charge in [0.15, 0.2) is 0 Å². The monoisotopic (exact) mass is 194 g/mol. The maximum atomic E-state index is 9.61. The molecule has 0 fully saturated rings. The highest BCUT2D eigenvalue weighted by Gasteiger charge is 2.15. The lowest BCUT2D eigenvalue weighted by molar-refractivity contribution is 0.151. The molecule has 0 aliphatic heterocycles. The average molecular weight is 194 g/mol. The molecule has 0 aromatic heterocycles. The summed E-state index contributed by atoms with van der Waals surface area (Å²) in [5.41, 5.74) is 1.15. The topological polar surface area (TPSA) is 40.5 Å². The van der Waals surface area contributed by atoms with Crippen LogP contribution in [-0.4, -0.2) is 22.9 Å². The Hall–Kier alpha value is -0.860. The van der Waals surface area contributed by atoms with E-state index in [2.05, 4.69) is 0 Å². The van der Waals surface area contributed by atoms with E-state index in [1.165, 1.54) is 0 Å². The summed E-state index contributed by atoms with van der Waals surface area (Å²) in [6.45, 7) is 1.99. The van der Waals surface area contributed by atoms with E-state index in [0.717, 1.165) is 18.4 Å². The fraction of sp³-hybridized carbons (Fsp3) is 0.500. The predicted molar refractivity (Wildman–Crippen MR) is 57.2 cm³/mol. The van der Waals surface area contributed by atoms with Crippen LogP contribution in [0.3, 0.4) is 0 Å². The average Bonchev–Trinajstić information content (AvgIpc) is 2.19. The third kappa shape index (κ3) is 3.13. The summed E-state index contributed by atoms with van der Waals surface area (Å²) in [5, 5.41) is 18.4. The molecule has 0 saturated heterocycles. The number of hydrogen-bond donors (Lipinski definition) is 2. The second-order valence-electron chi connectivity index (χ2n) is 3.62. The van der Waals surface area contributed by atoms with Crippen molar-refractivity contribution in [2.75, 3.05) is 6.61 Å². The quantitative estimate of drug-likeness (QED) is 0.752. The summed E-state index contributed by atoms with van der Waals surface area (Å²) in [6.07, 6.45) is 1.21. The lowest BCUT2D eigenvalue weighted by Crippen LogP contribution is -2.15. The summed E-state index contributed by atoms with van der Waals surface area (Å²) in [7, 11) is 0. The van der Waals surface area contributed by atoms with Gasteiger partial charge in [0.05, 0.1) is 6.10 Å². The molecule has 2 heteroatoms. The summed E-state index contributed by atoms with van der Waals surface area (Å²) in [5.74, 6) is 0.142. The van der Waals surface area contributed by atoms with Crippen LogP contribution in [0.4, 0.5) is 0 Å². The zero-order valence-corrected chi connectivity index (χ0v) is 8.56. The van der Waals surface area contributed by atoms with Gasteiger partial charge in [-0.2, -0.15) is 0 Å². The molecule has 2 N–H and O–H groups in total. The first kappa shape index (κ1) is 11.2. The van der Waals surface area contributed by atoms with Gasteiger partial charge in [0.25, 0.3) is 0 Å². The van der Waals surface area contributed by atoms with Crippen LogP contribution in [-0.2, 0) is 0 Å². The largest absolute Gasteiger partial charge is 0.396 e. The van der Waals surface area contributed by atoms with Crippen molar-refractivity contribution in [3.8, 4) is 0 Å². The van der Waals surface area contributed by atoms with Gasteiger partial charge in [-0.15, -0.1) is 0 Å². The molecule has 2 unspecified atom stereocenters. The Balaban J connectivity index is 2.68. The molecule has 0 aliphatic carbocycles. The lowest BCUT2D eigenvalue weighted by Gasteiger charge is -2.19. The lowest BCUT2D eigenvalue weighted by atomic mass is 9.90. The molecule has 0 bridgehead atoms. The molecule has 0 aliphatic rings. The molecular weight excluding hydrogens is 176 g/mol. The maximum absolute atomic E-state index is 9.61. The van der Waals surface area contributed by atoms with Crippen LogP contribution < -0.4 is 0 Å². The minimum Gasteiger partial charge on any atom is -0.396 e. The third-order valence-electron chi connectivity index (χ3n) is 2.48. The number of aliphatic hydroxyl groups is 2. The van der Waals surface area contributed by atoms with Crippen molar-refractivity contribution in [2.45, 2.75) is 31.8 Å². The van der Waals surface area contributed by atoms with Crippen molar-refractivity contribution in [2.24, 2.45) is 0 Å². The molecule has 0 spiro atoms. The van der Waals surface area contributed by atoms with Crippen molar-refractivity contribution >= 4 is 0 Å². The third-order valence-corrected chi connectivity index (χ3v) is 2.48. The van der Waals surface area contributed by atoms with Gasteiger partial charge in [-0.25, -0.2) is 0 Å². The maximum Gasteiger partial charge on any atom is 0.0580 e. The van der Waals surface area contributed by atoms with Crippen molar-refractivity contribution in [3.63, 3.8) is 0 Å². The van der Waals surface area contributed by atoms with E-state index in [9.17, 15) is 5.11 Å².